The Morgan fingerprint density at radius 2 is 1.65 bits per heavy atom. The number of rotatable bonds is 3. The number of fused-ring (bicyclic) bond motifs is 2. The van der Waals surface area contributed by atoms with Crippen LogP contribution in [-0.4, -0.2) is 49.8 Å². The van der Waals surface area contributed by atoms with Crippen LogP contribution >= 0.6 is 11.6 Å². The molecule has 0 spiro atoms. The number of sulfonamides is 1. The molecule has 23 heavy (non-hydrogen) atoms. The van der Waals surface area contributed by atoms with E-state index in [1.807, 2.05) is 0 Å². The van der Waals surface area contributed by atoms with Crippen LogP contribution in [0.15, 0.2) is 29.2 Å². The second kappa shape index (κ2) is 6.03. The number of hydrogen-bond donors (Lipinski definition) is 0. The summed E-state index contributed by atoms with van der Waals surface area (Å²) >= 11 is 5.86. The number of piperazine rings is 1. The first-order chi connectivity index (χ1) is 11.0. The summed E-state index contributed by atoms with van der Waals surface area (Å²) in [6.45, 7) is 2.92. The van der Waals surface area contributed by atoms with Gasteiger partial charge in [-0.3, -0.25) is 4.90 Å². The zero-order valence-corrected chi connectivity index (χ0v) is 14.8. The van der Waals surface area contributed by atoms with Crippen LogP contribution in [0.1, 0.15) is 25.7 Å². The molecule has 1 aliphatic heterocycles. The van der Waals surface area contributed by atoms with Gasteiger partial charge in [-0.25, -0.2) is 8.42 Å². The molecule has 2 bridgehead atoms. The van der Waals surface area contributed by atoms with Crippen LogP contribution in [-0.2, 0) is 10.0 Å². The maximum absolute atomic E-state index is 12.7. The van der Waals surface area contributed by atoms with E-state index in [9.17, 15) is 8.42 Å². The summed E-state index contributed by atoms with van der Waals surface area (Å²) in [6, 6.07) is 7.17. The smallest absolute Gasteiger partial charge is 0.243 e. The maximum atomic E-state index is 12.7. The number of nitrogens with zero attached hydrogens (tertiary/aromatic N) is 2. The summed E-state index contributed by atoms with van der Waals surface area (Å²) in [7, 11) is -3.39. The Morgan fingerprint density at radius 1 is 0.957 bits per heavy atom. The van der Waals surface area contributed by atoms with Gasteiger partial charge in [0, 0.05) is 37.2 Å². The van der Waals surface area contributed by atoms with Gasteiger partial charge >= 0.3 is 0 Å². The van der Waals surface area contributed by atoms with Gasteiger partial charge < -0.3 is 0 Å². The summed E-state index contributed by atoms with van der Waals surface area (Å²) in [4.78, 5) is 2.88. The lowest BCUT2D eigenvalue weighted by Gasteiger charge is -2.40. The number of halogens is 1. The van der Waals surface area contributed by atoms with Gasteiger partial charge in [0.15, 0.2) is 0 Å². The van der Waals surface area contributed by atoms with E-state index in [1.165, 1.54) is 25.7 Å². The minimum absolute atomic E-state index is 0.343. The predicted molar refractivity (Wildman–Crippen MR) is 91.0 cm³/mol. The highest BCUT2D eigenvalue weighted by Gasteiger charge is 2.43. The zero-order valence-electron chi connectivity index (χ0n) is 13.2. The van der Waals surface area contributed by atoms with Crippen LogP contribution < -0.4 is 0 Å². The molecule has 3 atom stereocenters. The second-order valence-corrected chi connectivity index (χ2v) is 9.51. The lowest BCUT2D eigenvalue weighted by molar-refractivity contribution is 0.101. The van der Waals surface area contributed by atoms with E-state index < -0.39 is 10.0 Å². The summed E-state index contributed by atoms with van der Waals surface area (Å²) in [6.07, 6.45) is 5.51. The van der Waals surface area contributed by atoms with Crippen molar-refractivity contribution in [3.63, 3.8) is 0 Å². The number of benzene rings is 1. The molecule has 126 valence electrons. The molecule has 4 nitrogen and oxygen atoms in total. The zero-order chi connectivity index (χ0) is 16.0. The molecule has 0 unspecified atom stereocenters. The minimum atomic E-state index is -3.39. The van der Waals surface area contributed by atoms with Crippen LogP contribution in [0, 0.1) is 11.8 Å². The van der Waals surface area contributed by atoms with Crippen molar-refractivity contribution in [2.75, 3.05) is 26.2 Å². The third-order valence-corrected chi connectivity index (χ3v) is 8.06. The third-order valence-electron chi connectivity index (χ3n) is 5.89. The lowest BCUT2D eigenvalue weighted by Crippen LogP contribution is -2.53. The van der Waals surface area contributed by atoms with Crippen LogP contribution in [0.2, 0.25) is 5.02 Å². The summed E-state index contributed by atoms with van der Waals surface area (Å²) in [5, 5.41) is 0.560. The van der Waals surface area contributed by atoms with Crippen molar-refractivity contribution in [2.45, 2.75) is 36.6 Å². The molecule has 2 aliphatic carbocycles. The molecule has 0 N–H and O–H groups in total. The Morgan fingerprint density at radius 3 is 2.22 bits per heavy atom. The van der Waals surface area contributed by atoms with E-state index in [2.05, 4.69) is 4.90 Å². The summed E-state index contributed by atoms with van der Waals surface area (Å²) in [5.74, 6) is 1.79. The fourth-order valence-electron chi connectivity index (χ4n) is 4.69. The Kier molecular flexibility index (Phi) is 4.16. The fraction of sp³-hybridized carbons (Fsp3) is 0.647. The van der Waals surface area contributed by atoms with E-state index >= 15 is 0 Å². The van der Waals surface area contributed by atoms with Crippen molar-refractivity contribution in [1.82, 2.24) is 9.21 Å². The van der Waals surface area contributed by atoms with Crippen molar-refractivity contribution >= 4 is 21.6 Å². The van der Waals surface area contributed by atoms with E-state index in [-0.39, 0.29) is 0 Å². The van der Waals surface area contributed by atoms with Crippen molar-refractivity contribution in [2.24, 2.45) is 11.8 Å². The molecule has 4 rings (SSSR count). The Bertz CT molecular complexity index is 668. The molecule has 1 heterocycles. The van der Waals surface area contributed by atoms with Gasteiger partial charge in [0.05, 0.1) is 4.90 Å². The standard InChI is InChI=1S/C17H23ClN2O2S/c18-15-3-5-16(6-4-15)23(21,22)20-9-7-19(8-10-20)17-12-13-1-2-14(17)11-13/h3-6,13-14,17H,1-2,7-12H2/t13-,14-,17+/m1/s1. The van der Waals surface area contributed by atoms with Gasteiger partial charge in [-0.05, 0) is 55.4 Å². The molecule has 3 aliphatic rings. The first-order valence-electron chi connectivity index (χ1n) is 8.54. The Labute approximate surface area is 143 Å². The van der Waals surface area contributed by atoms with E-state index in [1.54, 1.807) is 28.6 Å². The first-order valence-corrected chi connectivity index (χ1v) is 10.4. The molecule has 1 aromatic rings. The van der Waals surface area contributed by atoms with E-state index in [0.717, 1.165) is 24.9 Å². The van der Waals surface area contributed by atoms with Gasteiger partial charge in [-0.1, -0.05) is 18.0 Å². The lowest BCUT2D eigenvalue weighted by atomic mass is 9.93. The van der Waals surface area contributed by atoms with Crippen molar-refractivity contribution in [3.05, 3.63) is 29.3 Å². The van der Waals surface area contributed by atoms with Gasteiger partial charge in [0.25, 0.3) is 0 Å². The minimum Gasteiger partial charge on any atom is -0.297 e. The normalized spacial score (nSPS) is 32.5. The Balaban J connectivity index is 1.42. The average Bonchev–Trinajstić information content (AvgIpc) is 3.18. The van der Waals surface area contributed by atoms with Gasteiger partial charge in [0.1, 0.15) is 0 Å². The monoisotopic (exact) mass is 354 g/mol. The quantitative estimate of drug-likeness (QED) is 0.838. The molecular formula is C17H23ClN2O2S. The maximum Gasteiger partial charge on any atom is 0.243 e. The predicted octanol–water partition coefficient (Wildman–Crippen LogP) is 2.83. The molecule has 0 aromatic heterocycles. The largest absolute Gasteiger partial charge is 0.297 e. The highest BCUT2D eigenvalue weighted by molar-refractivity contribution is 7.89. The molecule has 2 saturated carbocycles. The topological polar surface area (TPSA) is 40.6 Å². The van der Waals surface area contributed by atoms with Crippen molar-refractivity contribution in [1.29, 1.82) is 0 Å². The van der Waals surface area contributed by atoms with Crippen LogP contribution in [0.4, 0.5) is 0 Å². The first kappa shape index (κ1) is 15.9. The van der Waals surface area contributed by atoms with Crippen molar-refractivity contribution in [3.8, 4) is 0 Å². The molecule has 0 amide bonds. The van der Waals surface area contributed by atoms with Crippen LogP contribution in [0.5, 0.6) is 0 Å². The fourth-order valence-corrected chi connectivity index (χ4v) is 6.24. The van der Waals surface area contributed by atoms with Gasteiger partial charge in [-0.15, -0.1) is 0 Å². The van der Waals surface area contributed by atoms with Gasteiger partial charge in [-0.2, -0.15) is 4.31 Å². The highest BCUT2D eigenvalue weighted by atomic mass is 35.5. The molecule has 0 radical (unpaired) electrons. The van der Waals surface area contributed by atoms with Crippen LogP contribution in [0.3, 0.4) is 0 Å². The van der Waals surface area contributed by atoms with E-state index in [4.69, 9.17) is 11.6 Å². The third kappa shape index (κ3) is 2.93. The molecule has 1 saturated heterocycles. The second-order valence-electron chi connectivity index (χ2n) is 7.14. The summed E-state index contributed by atoms with van der Waals surface area (Å²) in [5.41, 5.74) is 0. The van der Waals surface area contributed by atoms with E-state index in [0.29, 0.717) is 29.0 Å². The molecule has 6 heteroatoms. The highest BCUT2D eigenvalue weighted by Crippen LogP contribution is 2.46. The number of hydrogen-bond acceptors (Lipinski definition) is 3. The van der Waals surface area contributed by atoms with Crippen molar-refractivity contribution < 1.29 is 8.42 Å². The SMILES string of the molecule is O=S(=O)(c1ccc(Cl)cc1)N1CCN([C@H]2C[C@@H]3CC[C@@H]2C3)CC1. The van der Waals surface area contributed by atoms with Crippen LogP contribution in [0.25, 0.3) is 0 Å². The molecular weight excluding hydrogens is 332 g/mol. The Hall–Kier alpha value is -0.620. The average molecular weight is 355 g/mol. The molecule has 1 aromatic carbocycles. The molecule has 3 fully saturated rings. The summed E-state index contributed by atoms with van der Waals surface area (Å²) < 4.78 is 27.1. The van der Waals surface area contributed by atoms with Gasteiger partial charge in [0.2, 0.25) is 10.0 Å².